The lowest BCUT2D eigenvalue weighted by Crippen LogP contribution is -2.07. The van der Waals surface area contributed by atoms with E-state index in [1.807, 2.05) is 12.3 Å². The summed E-state index contributed by atoms with van der Waals surface area (Å²) >= 11 is 1.41. The number of aryl methyl sites for hydroxylation is 1. The summed E-state index contributed by atoms with van der Waals surface area (Å²) in [5.74, 6) is -0.928. The maximum absolute atomic E-state index is 13.5. The number of rotatable bonds is 3. The number of nitrogens with zero attached hydrogens (tertiary/aromatic N) is 1. The predicted octanol–water partition coefficient (Wildman–Crippen LogP) is 4.22. The highest BCUT2D eigenvalue weighted by molar-refractivity contribution is 7.09. The molecule has 1 aromatic heterocycles. The van der Waals surface area contributed by atoms with Crippen LogP contribution in [0.2, 0.25) is 0 Å². The highest BCUT2D eigenvalue weighted by Crippen LogP contribution is 2.31. The first kappa shape index (κ1) is 13.8. The molecule has 0 aliphatic rings. The molecule has 1 N–H and O–H groups in total. The van der Waals surface area contributed by atoms with Crippen molar-refractivity contribution in [1.29, 1.82) is 0 Å². The molecule has 0 spiro atoms. The number of aromatic nitrogens is 1. The fourth-order valence-corrected chi connectivity index (χ4v) is 2.20. The van der Waals surface area contributed by atoms with E-state index >= 15 is 0 Å². The molecule has 0 amide bonds. The molecule has 0 aliphatic carbocycles. The van der Waals surface area contributed by atoms with Gasteiger partial charge in [0, 0.05) is 11.1 Å². The zero-order valence-electron chi connectivity index (χ0n) is 9.88. The molecule has 2 rings (SSSR count). The van der Waals surface area contributed by atoms with E-state index in [9.17, 15) is 17.6 Å². The number of benzene rings is 1. The Hall–Kier alpha value is -1.63. The SMILES string of the molecule is Cc1csc(CNc2ccc(C(F)(F)F)cc2F)n1. The Morgan fingerprint density at radius 3 is 2.58 bits per heavy atom. The second-order valence-electron chi connectivity index (χ2n) is 3.93. The molecule has 0 radical (unpaired) electrons. The number of anilines is 1. The molecular formula is C12H10F4N2S. The van der Waals surface area contributed by atoms with E-state index in [0.717, 1.165) is 22.8 Å². The minimum absolute atomic E-state index is 0.0286. The molecule has 0 unspecified atom stereocenters. The van der Waals surface area contributed by atoms with Crippen LogP contribution in [0.4, 0.5) is 23.2 Å². The summed E-state index contributed by atoms with van der Waals surface area (Å²) in [7, 11) is 0. The number of halogens is 4. The first-order valence-corrected chi connectivity index (χ1v) is 6.26. The standard InChI is InChI=1S/C12H10F4N2S/c1-7-6-19-11(18-7)5-17-10-3-2-8(4-9(10)13)12(14,15)16/h2-4,6,17H,5H2,1H3. The number of hydrogen-bond acceptors (Lipinski definition) is 3. The number of thiazole rings is 1. The minimum Gasteiger partial charge on any atom is -0.376 e. The quantitative estimate of drug-likeness (QED) is 0.856. The lowest BCUT2D eigenvalue weighted by atomic mass is 10.2. The van der Waals surface area contributed by atoms with Gasteiger partial charge in [0.1, 0.15) is 10.8 Å². The molecule has 0 aliphatic heterocycles. The fraction of sp³-hybridized carbons (Fsp3) is 0.250. The summed E-state index contributed by atoms with van der Waals surface area (Å²) in [6, 6.07) is 2.41. The van der Waals surface area contributed by atoms with Gasteiger partial charge in [0.15, 0.2) is 0 Å². The first-order chi connectivity index (χ1) is 8.86. The molecule has 102 valence electrons. The third-order valence-electron chi connectivity index (χ3n) is 2.39. The molecular weight excluding hydrogens is 280 g/mol. The number of alkyl halides is 3. The van der Waals surface area contributed by atoms with Gasteiger partial charge in [-0.2, -0.15) is 13.2 Å². The fourth-order valence-electron chi connectivity index (χ4n) is 1.49. The van der Waals surface area contributed by atoms with Gasteiger partial charge in [0.2, 0.25) is 0 Å². The molecule has 0 atom stereocenters. The molecule has 0 bridgehead atoms. The van der Waals surface area contributed by atoms with Gasteiger partial charge in [-0.25, -0.2) is 9.37 Å². The normalized spacial score (nSPS) is 11.6. The van der Waals surface area contributed by atoms with Gasteiger partial charge in [-0.15, -0.1) is 11.3 Å². The lowest BCUT2D eigenvalue weighted by molar-refractivity contribution is -0.137. The maximum atomic E-state index is 13.5. The van der Waals surface area contributed by atoms with Crippen LogP contribution in [-0.2, 0) is 12.7 Å². The predicted molar refractivity (Wildman–Crippen MR) is 65.6 cm³/mol. The molecule has 0 saturated heterocycles. The minimum atomic E-state index is -4.54. The summed E-state index contributed by atoms with van der Waals surface area (Å²) in [4.78, 5) is 4.17. The molecule has 7 heteroatoms. The second-order valence-corrected chi connectivity index (χ2v) is 4.87. The zero-order chi connectivity index (χ0) is 14.0. The summed E-state index contributed by atoms with van der Waals surface area (Å²) in [5.41, 5.74) is -0.115. The van der Waals surface area contributed by atoms with Crippen LogP contribution in [0, 0.1) is 12.7 Å². The highest BCUT2D eigenvalue weighted by Gasteiger charge is 2.31. The monoisotopic (exact) mass is 290 g/mol. The van der Waals surface area contributed by atoms with E-state index < -0.39 is 17.6 Å². The van der Waals surface area contributed by atoms with Crippen molar-refractivity contribution in [3.05, 3.63) is 45.7 Å². The van der Waals surface area contributed by atoms with Crippen LogP contribution in [0.3, 0.4) is 0 Å². The molecule has 19 heavy (non-hydrogen) atoms. The van der Waals surface area contributed by atoms with Crippen molar-refractivity contribution < 1.29 is 17.6 Å². The summed E-state index contributed by atoms with van der Waals surface area (Å²) in [5, 5.41) is 5.32. The van der Waals surface area contributed by atoms with E-state index in [0.29, 0.717) is 6.07 Å². The van der Waals surface area contributed by atoms with E-state index in [1.165, 1.54) is 11.3 Å². The van der Waals surface area contributed by atoms with Crippen LogP contribution in [0.25, 0.3) is 0 Å². The second kappa shape index (κ2) is 5.16. The van der Waals surface area contributed by atoms with E-state index in [-0.39, 0.29) is 12.2 Å². The van der Waals surface area contributed by atoms with Gasteiger partial charge in [-0.1, -0.05) is 0 Å². The average molecular weight is 290 g/mol. The van der Waals surface area contributed by atoms with Crippen molar-refractivity contribution in [2.45, 2.75) is 19.6 Å². The molecule has 0 saturated carbocycles. The van der Waals surface area contributed by atoms with Gasteiger partial charge in [-0.3, -0.25) is 0 Å². The third kappa shape index (κ3) is 3.44. The molecule has 2 aromatic rings. The Morgan fingerprint density at radius 2 is 2.05 bits per heavy atom. The highest BCUT2D eigenvalue weighted by atomic mass is 32.1. The zero-order valence-corrected chi connectivity index (χ0v) is 10.7. The Balaban J connectivity index is 2.09. The van der Waals surface area contributed by atoms with Crippen LogP contribution in [0.5, 0.6) is 0 Å². The van der Waals surface area contributed by atoms with Crippen molar-refractivity contribution in [2.75, 3.05) is 5.32 Å². The van der Waals surface area contributed by atoms with Crippen molar-refractivity contribution >= 4 is 17.0 Å². The number of hydrogen-bond donors (Lipinski definition) is 1. The molecule has 0 fully saturated rings. The lowest BCUT2D eigenvalue weighted by Gasteiger charge is -2.10. The first-order valence-electron chi connectivity index (χ1n) is 5.38. The Labute approximate surface area is 111 Å². The Bertz CT molecular complexity index is 577. The van der Waals surface area contributed by atoms with Crippen LogP contribution in [0.15, 0.2) is 23.6 Å². The Morgan fingerprint density at radius 1 is 1.32 bits per heavy atom. The molecule has 1 heterocycles. The van der Waals surface area contributed by atoms with Crippen molar-refractivity contribution in [2.24, 2.45) is 0 Å². The molecule has 2 nitrogen and oxygen atoms in total. The van der Waals surface area contributed by atoms with Crippen LogP contribution >= 0.6 is 11.3 Å². The maximum Gasteiger partial charge on any atom is 0.416 e. The summed E-state index contributed by atoms with van der Waals surface area (Å²) in [6.45, 7) is 2.11. The largest absolute Gasteiger partial charge is 0.416 e. The topological polar surface area (TPSA) is 24.9 Å². The van der Waals surface area contributed by atoms with E-state index in [2.05, 4.69) is 10.3 Å². The number of nitrogens with one attached hydrogen (secondary N) is 1. The average Bonchev–Trinajstić information content (AvgIpc) is 2.72. The van der Waals surface area contributed by atoms with Gasteiger partial charge in [0.05, 0.1) is 17.8 Å². The summed E-state index contributed by atoms with van der Waals surface area (Å²) in [6.07, 6.45) is -4.54. The molecule has 1 aromatic carbocycles. The van der Waals surface area contributed by atoms with E-state index in [1.54, 1.807) is 0 Å². The van der Waals surface area contributed by atoms with Gasteiger partial charge >= 0.3 is 6.18 Å². The summed E-state index contributed by atoms with van der Waals surface area (Å²) < 4.78 is 50.6. The van der Waals surface area contributed by atoms with Gasteiger partial charge in [0.25, 0.3) is 0 Å². The smallest absolute Gasteiger partial charge is 0.376 e. The third-order valence-corrected chi connectivity index (χ3v) is 3.36. The van der Waals surface area contributed by atoms with Crippen LogP contribution in [0.1, 0.15) is 16.3 Å². The van der Waals surface area contributed by atoms with Gasteiger partial charge < -0.3 is 5.32 Å². The van der Waals surface area contributed by atoms with E-state index in [4.69, 9.17) is 0 Å². The van der Waals surface area contributed by atoms with Gasteiger partial charge in [-0.05, 0) is 25.1 Å². The van der Waals surface area contributed by atoms with Crippen molar-refractivity contribution in [3.63, 3.8) is 0 Å². The Kier molecular flexibility index (Phi) is 3.75. The van der Waals surface area contributed by atoms with Crippen LogP contribution in [-0.4, -0.2) is 4.98 Å². The van der Waals surface area contributed by atoms with Crippen LogP contribution < -0.4 is 5.32 Å². The van der Waals surface area contributed by atoms with Crippen molar-refractivity contribution in [1.82, 2.24) is 4.98 Å². The van der Waals surface area contributed by atoms with Crippen molar-refractivity contribution in [3.8, 4) is 0 Å².